The lowest BCUT2D eigenvalue weighted by Crippen LogP contribution is -2.30. The fraction of sp³-hybridized carbons (Fsp3) is 0.500. The summed E-state index contributed by atoms with van der Waals surface area (Å²) in [4.78, 5) is 11.1. The Morgan fingerprint density at radius 1 is 1.40 bits per heavy atom. The number of sulfonamides is 1. The second-order valence-electron chi connectivity index (χ2n) is 5.11. The molecule has 1 atom stereocenters. The van der Waals surface area contributed by atoms with Crippen molar-refractivity contribution in [2.24, 2.45) is 5.92 Å². The van der Waals surface area contributed by atoms with Crippen molar-refractivity contribution in [3.05, 3.63) is 29.8 Å². The molecule has 0 amide bonds. The zero-order valence-electron chi connectivity index (χ0n) is 11.4. The van der Waals surface area contributed by atoms with Gasteiger partial charge in [-0.3, -0.25) is 0 Å². The Hall–Kier alpha value is -1.40. The third kappa shape index (κ3) is 2.86. The van der Waals surface area contributed by atoms with Gasteiger partial charge in [-0.15, -0.1) is 0 Å². The van der Waals surface area contributed by atoms with Crippen LogP contribution in [0.25, 0.3) is 0 Å². The van der Waals surface area contributed by atoms with E-state index in [1.807, 2.05) is 0 Å². The van der Waals surface area contributed by atoms with E-state index in [2.05, 4.69) is 6.92 Å². The molecular formula is C14H19NO4S. The second-order valence-corrected chi connectivity index (χ2v) is 7.01. The van der Waals surface area contributed by atoms with Crippen LogP contribution in [0.15, 0.2) is 29.2 Å². The lowest BCUT2D eigenvalue weighted by atomic mass is 10.0. The molecule has 1 aliphatic heterocycles. The van der Waals surface area contributed by atoms with Crippen LogP contribution in [-0.4, -0.2) is 36.9 Å². The molecule has 0 aromatic heterocycles. The van der Waals surface area contributed by atoms with E-state index >= 15 is 0 Å². The molecule has 6 heteroatoms. The Bertz CT molecular complexity index is 597. The van der Waals surface area contributed by atoms with Gasteiger partial charge >= 0.3 is 5.97 Å². The first-order chi connectivity index (χ1) is 9.46. The van der Waals surface area contributed by atoms with Gasteiger partial charge in [0, 0.05) is 13.1 Å². The molecule has 5 nitrogen and oxygen atoms in total. The number of carboxylic acid groups (broad SMARTS) is 1. The summed E-state index contributed by atoms with van der Waals surface area (Å²) in [5, 5.41) is 9.13. The smallest absolute Gasteiger partial charge is 0.337 e. The number of nitrogens with zero attached hydrogens (tertiary/aromatic N) is 1. The van der Waals surface area contributed by atoms with Gasteiger partial charge in [0.1, 0.15) is 0 Å². The van der Waals surface area contributed by atoms with Crippen LogP contribution in [0, 0.1) is 5.92 Å². The molecule has 1 fully saturated rings. The molecule has 1 saturated heterocycles. The predicted molar refractivity (Wildman–Crippen MR) is 75.2 cm³/mol. The third-order valence-corrected chi connectivity index (χ3v) is 5.60. The highest BCUT2D eigenvalue weighted by Crippen LogP contribution is 2.28. The number of carbonyl (C=O) groups is 1. The summed E-state index contributed by atoms with van der Waals surface area (Å²) in [7, 11) is -3.71. The topological polar surface area (TPSA) is 74.7 Å². The largest absolute Gasteiger partial charge is 0.478 e. The van der Waals surface area contributed by atoms with Gasteiger partial charge in [0.2, 0.25) is 10.0 Å². The standard InChI is InChI=1S/C14H19NO4S/c1-2-5-11-8-9-15(10-11)20(18,19)13-7-4-3-6-12(13)14(16)17/h3-4,6-7,11H,2,5,8-10H2,1H3,(H,16,17). The highest BCUT2D eigenvalue weighted by molar-refractivity contribution is 7.89. The summed E-state index contributed by atoms with van der Waals surface area (Å²) in [5.41, 5.74) is -0.161. The van der Waals surface area contributed by atoms with Gasteiger partial charge in [-0.25, -0.2) is 13.2 Å². The molecule has 0 bridgehead atoms. The first-order valence-corrected chi connectivity index (χ1v) is 8.23. The zero-order chi connectivity index (χ0) is 14.8. The highest BCUT2D eigenvalue weighted by Gasteiger charge is 2.34. The molecule has 110 valence electrons. The van der Waals surface area contributed by atoms with Gasteiger partial charge in [-0.2, -0.15) is 4.31 Å². The van der Waals surface area contributed by atoms with Crippen LogP contribution in [0.1, 0.15) is 36.5 Å². The van der Waals surface area contributed by atoms with Crippen LogP contribution in [0.4, 0.5) is 0 Å². The van der Waals surface area contributed by atoms with Gasteiger partial charge in [0.25, 0.3) is 0 Å². The van der Waals surface area contributed by atoms with Crippen LogP contribution < -0.4 is 0 Å². The van der Waals surface area contributed by atoms with Crippen LogP contribution in [0.5, 0.6) is 0 Å². The molecule has 1 heterocycles. The van der Waals surface area contributed by atoms with Crippen molar-refractivity contribution in [1.82, 2.24) is 4.31 Å². The zero-order valence-corrected chi connectivity index (χ0v) is 12.3. The lowest BCUT2D eigenvalue weighted by Gasteiger charge is -2.17. The number of benzene rings is 1. The molecule has 1 unspecified atom stereocenters. The quantitative estimate of drug-likeness (QED) is 0.904. The van der Waals surface area contributed by atoms with Gasteiger partial charge in [0.05, 0.1) is 10.5 Å². The molecule has 1 aromatic rings. The molecular weight excluding hydrogens is 278 g/mol. The van der Waals surface area contributed by atoms with E-state index in [0.29, 0.717) is 19.0 Å². The lowest BCUT2D eigenvalue weighted by molar-refractivity contribution is 0.0692. The van der Waals surface area contributed by atoms with Crippen molar-refractivity contribution >= 4 is 16.0 Å². The maximum Gasteiger partial charge on any atom is 0.337 e. The van der Waals surface area contributed by atoms with Crippen molar-refractivity contribution in [2.75, 3.05) is 13.1 Å². The van der Waals surface area contributed by atoms with Gasteiger partial charge in [-0.05, 0) is 30.9 Å². The minimum absolute atomic E-state index is 0.107. The van der Waals surface area contributed by atoms with Crippen LogP contribution in [0.2, 0.25) is 0 Å². The summed E-state index contributed by atoms with van der Waals surface area (Å²) in [5.74, 6) is -0.833. The summed E-state index contributed by atoms with van der Waals surface area (Å²) >= 11 is 0. The number of rotatable bonds is 5. The molecule has 1 aliphatic rings. The van der Waals surface area contributed by atoms with Crippen LogP contribution >= 0.6 is 0 Å². The van der Waals surface area contributed by atoms with Crippen LogP contribution in [-0.2, 0) is 10.0 Å². The highest BCUT2D eigenvalue weighted by atomic mass is 32.2. The monoisotopic (exact) mass is 297 g/mol. The fourth-order valence-corrected chi connectivity index (χ4v) is 4.38. The molecule has 0 radical (unpaired) electrons. The van der Waals surface area contributed by atoms with Gasteiger partial charge in [0.15, 0.2) is 0 Å². The van der Waals surface area contributed by atoms with E-state index in [-0.39, 0.29) is 10.5 Å². The normalized spacial score (nSPS) is 20.1. The molecule has 2 rings (SSSR count). The average molecular weight is 297 g/mol. The van der Waals surface area contributed by atoms with E-state index in [1.165, 1.54) is 22.5 Å². The number of hydrogen-bond acceptors (Lipinski definition) is 3. The van der Waals surface area contributed by atoms with E-state index < -0.39 is 16.0 Å². The van der Waals surface area contributed by atoms with Crippen molar-refractivity contribution in [1.29, 1.82) is 0 Å². The van der Waals surface area contributed by atoms with Crippen molar-refractivity contribution in [3.8, 4) is 0 Å². The summed E-state index contributed by atoms with van der Waals surface area (Å²) < 4.78 is 26.6. The SMILES string of the molecule is CCCC1CCN(S(=O)(=O)c2ccccc2C(=O)O)C1. The Kier molecular flexibility index (Phi) is 4.45. The van der Waals surface area contributed by atoms with Crippen molar-refractivity contribution < 1.29 is 18.3 Å². The first kappa shape index (κ1) is 15.0. The second kappa shape index (κ2) is 5.93. The molecule has 1 N–H and O–H groups in total. The third-order valence-electron chi connectivity index (χ3n) is 3.68. The van der Waals surface area contributed by atoms with Gasteiger partial charge < -0.3 is 5.11 Å². The van der Waals surface area contributed by atoms with E-state index in [0.717, 1.165) is 19.3 Å². The number of carboxylic acids is 1. The Morgan fingerprint density at radius 3 is 2.75 bits per heavy atom. The molecule has 1 aromatic carbocycles. The minimum Gasteiger partial charge on any atom is -0.478 e. The predicted octanol–water partition coefficient (Wildman–Crippen LogP) is 2.20. The van der Waals surface area contributed by atoms with E-state index in [9.17, 15) is 13.2 Å². The van der Waals surface area contributed by atoms with E-state index in [1.54, 1.807) is 6.07 Å². The molecule has 20 heavy (non-hydrogen) atoms. The summed E-state index contributed by atoms with van der Waals surface area (Å²) in [6.45, 7) is 3.04. The molecule has 0 aliphatic carbocycles. The van der Waals surface area contributed by atoms with Crippen LogP contribution in [0.3, 0.4) is 0 Å². The molecule has 0 saturated carbocycles. The Balaban J connectivity index is 2.30. The summed E-state index contributed by atoms with van der Waals surface area (Å²) in [6.07, 6.45) is 2.89. The average Bonchev–Trinajstić information content (AvgIpc) is 2.88. The number of hydrogen-bond donors (Lipinski definition) is 1. The first-order valence-electron chi connectivity index (χ1n) is 6.79. The summed E-state index contributed by atoms with van der Waals surface area (Å²) in [6, 6.07) is 5.78. The minimum atomic E-state index is -3.71. The number of aromatic carboxylic acids is 1. The maximum atomic E-state index is 12.6. The maximum absolute atomic E-state index is 12.6. The fourth-order valence-electron chi connectivity index (χ4n) is 2.67. The molecule has 0 spiro atoms. The Labute approximate surface area is 119 Å². The van der Waals surface area contributed by atoms with Gasteiger partial charge in [-0.1, -0.05) is 25.5 Å². The Morgan fingerprint density at radius 2 is 2.10 bits per heavy atom. The van der Waals surface area contributed by atoms with Crippen molar-refractivity contribution in [2.45, 2.75) is 31.1 Å². The van der Waals surface area contributed by atoms with Crippen molar-refractivity contribution in [3.63, 3.8) is 0 Å². The van der Waals surface area contributed by atoms with E-state index in [4.69, 9.17) is 5.11 Å².